The number of nitrogens with one attached hydrogen (secondary N) is 1. The Hall–Kier alpha value is -2.13. The standard InChI is InChI=1S/C22H30N3O6PS/c1-30-32(27,31-2)21-15-23-20(14-24-21)25-22(26)19(13-8-16-6-4-5-7-16)17-9-11-18(12-10-17)33(3,28)29/h9-12,14-16,19H,4-8,13H2,1-3H3,(H,23,25,26)/t19-/m1/s1. The normalized spacial score (nSPS) is 16.0. The number of carbonyl (C=O) groups is 1. The van der Waals surface area contributed by atoms with Crippen LogP contribution in [0.25, 0.3) is 0 Å². The summed E-state index contributed by atoms with van der Waals surface area (Å²) in [6, 6.07) is 6.44. The highest BCUT2D eigenvalue weighted by molar-refractivity contribution is 7.90. The predicted octanol–water partition coefficient (Wildman–Crippen LogP) is 3.68. The molecule has 2 aromatic rings. The lowest BCUT2D eigenvalue weighted by Crippen LogP contribution is -2.23. The van der Waals surface area contributed by atoms with E-state index in [-0.39, 0.29) is 22.1 Å². The van der Waals surface area contributed by atoms with Gasteiger partial charge in [0.05, 0.1) is 23.2 Å². The summed E-state index contributed by atoms with van der Waals surface area (Å²) in [7, 11) is -4.34. The van der Waals surface area contributed by atoms with Gasteiger partial charge in [0.1, 0.15) is 0 Å². The van der Waals surface area contributed by atoms with Crippen LogP contribution in [0.5, 0.6) is 0 Å². The van der Waals surface area contributed by atoms with Crippen LogP contribution in [0, 0.1) is 5.92 Å². The van der Waals surface area contributed by atoms with Crippen LogP contribution in [-0.2, 0) is 28.2 Å². The Morgan fingerprint density at radius 1 is 1.12 bits per heavy atom. The molecular weight excluding hydrogens is 465 g/mol. The first-order valence-electron chi connectivity index (χ1n) is 10.8. The largest absolute Gasteiger partial charge is 0.380 e. The molecule has 9 nitrogen and oxygen atoms in total. The maximum Gasteiger partial charge on any atom is 0.380 e. The van der Waals surface area contributed by atoms with Gasteiger partial charge in [0.25, 0.3) is 0 Å². The van der Waals surface area contributed by atoms with E-state index in [1.54, 1.807) is 12.1 Å². The van der Waals surface area contributed by atoms with Crippen molar-refractivity contribution in [3.8, 4) is 0 Å². The molecular formula is C22H30N3O6PS. The Labute approximate surface area is 194 Å². The molecule has 33 heavy (non-hydrogen) atoms. The second-order valence-electron chi connectivity index (χ2n) is 8.23. The van der Waals surface area contributed by atoms with Crippen LogP contribution >= 0.6 is 7.60 Å². The molecule has 0 spiro atoms. The quantitative estimate of drug-likeness (QED) is 0.495. The third kappa shape index (κ3) is 6.47. The topological polar surface area (TPSA) is 125 Å². The van der Waals surface area contributed by atoms with Crippen molar-refractivity contribution in [2.24, 2.45) is 5.92 Å². The molecule has 1 aliphatic rings. The van der Waals surface area contributed by atoms with E-state index in [1.165, 1.54) is 64.4 Å². The summed E-state index contributed by atoms with van der Waals surface area (Å²) < 4.78 is 45.8. The first-order chi connectivity index (χ1) is 15.7. The number of hydrogen-bond donors (Lipinski definition) is 1. The molecule has 1 fully saturated rings. The van der Waals surface area contributed by atoms with Gasteiger partial charge < -0.3 is 14.4 Å². The SMILES string of the molecule is COP(=O)(OC)c1cnc(NC(=O)[C@H](CCC2CCCC2)c2ccc(S(C)(=O)=O)cc2)cn1. The fourth-order valence-electron chi connectivity index (χ4n) is 4.10. The van der Waals surface area contributed by atoms with Crippen LogP contribution in [0.4, 0.5) is 5.82 Å². The molecule has 0 saturated heterocycles. The summed E-state index contributed by atoms with van der Waals surface area (Å²) in [6.07, 6.45) is 10.1. The maximum absolute atomic E-state index is 13.2. The van der Waals surface area contributed by atoms with E-state index in [4.69, 9.17) is 9.05 Å². The number of rotatable bonds is 10. The first kappa shape index (κ1) is 25.5. The van der Waals surface area contributed by atoms with Crippen molar-refractivity contribution in [3.63, 3.8) is 0 Å². The molecule has 3 rings (SSSR count). The monoisotopic (exact) mass is 495 g/mol. The molecule has 180 valence electrons. The van der Waals surface area contributed by atoms with Crippen molar-refractivity contribution in [1.29, 1.82) is 0 Å². The summed E-state index contributed by atoms with van der Waals surface area (Å²) in [5.74, 6) is 0.0848. The van der Waals surface area contributed by atoms with Crippen molar-refractivity contribution in [1.82, 2.24) is 9.97 Å². The first-order valence-corrected chi connectivity index (χ1v) is 14.2. The average Bonchev–Trinajstić information content (AvgIpc) is 3.32. The highest BCUT2D eigenvalue weighted by atomic mass is 32.2. The van der Waals surface area contributed by atoms with Gasteiger partial charge in [-0.1, -0.05) is 37.8 Å². The van der Waals surface area contributed by atoms with Crippen molar-refractivity contribution in [2.45, 2.75) is 49.3 Å². The molecule has 1 aliphatic carbocycles. The smallest absolute Gasteiger partial charge is 0.309 e. The van der Waals surface area contributed by atoms with Crippen LogP contribution in [0.1, 0.15) is 50.0 Å². The van der Waals surface area contributed by atoms with Gasteiger partial charge in [-0.2, -0.15) is 0 Å². The minimum absolute atomic E-state index is 0.0413. The van der Waals surface area contributed by atoms with Gasteiger partial charge in [-0.3, -0.25) is 9.36 Å². The van der Waals surface area contributed by atoms with Crippen LogP contribution in [0.3, 0.4) is 0 Å². The van der Waals surface area contributed by atoms with Gasteiger partial charge in [-0.25, -0.2) is 18.4 Å². The van der Waals surface area contributed by atoms with Gasteiger partial charge in [-0.05, 0) is 36.5 Å². The van der Waals surface area contributed by atoms with Crippen LogP contribution < -0.4 is 10.8 Å². The van der Waals surface area contributed by atoms with Crippen LogP contribution in [-0.4, -0.2) is 44.8 Å². The van der Waals surface area contributed by atoms with E-state index in [9.17, 15) is 17.8 Å². The average molecular weight is 496 g/mol. The number of nitrogens with zero attached hydrogens (tertiary/aromatic N) is 2. The molecule has 1 aromatic heterocycles. The fraction of sp³-hybridized carbons (Fsp3) is 0.500. The number of anilines is 1. The van der Waals surface area contributed by atoms with Gasteiger partial charge in [-0.15, -0.1) is 0 Å². The summed E-state index contributed by atoms with van der Waals surface area (Å²) in [5, 5.41) is 2.77. The Morgan fingerprint density at radius 2 is 1.76 bits per heavy atom. The number of amides is 1. The zero-order valence-electron chi connectivity index (χ0n) is 19.1. The van der Waals surface area contributed by atoms with Crippen molar-refractivity contribution in [2.75, 3.05) is 25.8 Å². The highest BCUT2D eigenvalue weighted by Gasteiger charge is 2.28. The Bertz CT molecular complexity index is 1090. The number of carbonyl (C=O) groups excluding carboxylic acids is 1. The molecule has 1 heterocycles. The molecule has 1 aromatic carbocycles. The molecule has 1 saturated carbocycles. The molecule has 0 unspecified atom stereocenters. The predicted molar refractivity (Wildman–Crippen MR) is 125 cm³/mol. The van der Waals surface area contributed by atoms with Gasteiger partial charge >= 0.3 is 7.60 Å². The minimum atomic E-state index is -3.53. The Balaban J connectivity index is 1.79. The summed E-state index contributed by atoms with van der Waals surface area (Å²) >= 11 is 0. The van der Waals surface area contributed by atoms with E-state index in [1.807, 2.05) is 0 Å². The summed E-state index contributed by atoms with van der Waals surface area (Å²) in [5.41, 5.74) is 0.783. The summed E-state index contributed by atoms with van der Waals surface area (Å²) in [6.45, 7) is 0. The highest BCUT2D eigenvalue weighted by Crippen LogP contribution is 2.44. The molecule has 11 heteroatoms. The van der Waals surface area contributed by atoms with Crippen LogP contribution in [0.15, 0.2) is 41.6 Å². The third-order valence-corrected chi connectivity index (χ3v) is 8.90. The van der Waals surface area contributed by atoms with Gasteiger partial charge in [0, 0.05) is 20.5 Å². The lowest BCUT2D eigenvalue weighted by atomic mass is 9.89. The third-order valence-electron chi connectivity index (χ3n) is 6.02. The molecule has 0 bridgehead atoms. The number of hydrogen-bond acceptors (Lipinski definition) is 8. The maximum atomic E-state index is 13.2. The zero-order chi connectivity index (χ0) is 24.1. The van der Waals surface area contributed by atoms with E-state index in [2.05, 4.69) is 15.3 Å². The van der Waals surface area contributed by atoms with Gasteiger partial charge in [0.2, 0.25) is 5.91 Å². The number of sulfone groups is 1. The van der Waals surface area contributed by atoms with E-state index in [0.717, 1.165) is 18.2 Å². The molecule has 0 aliphatic heterocycles. The molecule has 1 atom stereocenters. The van der Waals surface area contributed by atoms with Crippen molar-refractivity contribution >= 4 is 34.6 Å². The lowest BCUT2D eigenvalue weighted by molar-refractivity contribution is -0.117. The van der Waals surface area contributed by atoms with Gasteiger partial charge in [0.15, 0.2) is 21.1 Å². The summed E-state index contributed by atoms with van der Waals surface area (Å²) in [4.78, 5) is 21.6. The lowest BCUT2D eigenvalue weighted by Gasteiger charge is -2.19. The number of benzene rings is 1. The second kappa shape index (κ2) is 10.9. The van der Waals surface area contributed by atoms with E-state index in [0.29, 0.717) is 12.3 Å². The Kier molecular flexibility index (Phi) is 8.39. The fourth-order valence-corrected chi connectivity index (χ4v) is 5.65. The van der Waals surface area contributed by atoms with Crippen molar-refractivity contribution < 1.29 is 26.8 Å². The van der Waals surface area contributed by atoms with Crippen LogP contribution in [0.2, 0.25) is 0 Å². The molecule has 1 amide bonds. The zero-order valence-corrected chi connectivity index (χ0v) is 20.8. The minimum Gasteiger partial charge on any atom is -0.309 e. The molecule has 0 radical (unpaired) electrons. The van der Waals surface area contributed by atoms with Crippen molar-refractivity contribution in [3.05, 3.63) is 42.2 Å². The van der Waals surface area contributed by atoms with E-state index >= 15 is 0 Å². The van der Waals surface area contributed by atoms with E-state index < -0.39 is 23.4 Å². The molecule has 1 N–H and O–H groups in total. The Morgan fingerprint density at radius 3 is 2.27 bits per heavy atom. The second-order valence-corrected chi connectivity index (χ2v) is 12.4. The number of aromatic nitrogens is 2.